The summed E-state index contributed by atoms with van der Waals surface area (Å²) < 4.78 is 5.34. The second-order valence-corrected chi connectivity index (χ2v) is 17.3. The Hall–Kier alpha value is -4.97. The largest absolute Gasteiger partial charge is 0.363 e. The highest BCUT2D eigenvalue weighted by molar-refractivity contribution is 5.77. The SMILES string of the molecule is CCc1cnn(C2(CC#N)CN(c3cccn4nc(Nc5cnn(CC(=O)N6CCN(CCNC(=O)CC7(CC)CC8CC(C)CC(C8)C7)CC6)c5)nc34)C2)c1. The number of nitrogens with one attached hydrogen (secondary N) is 2. The van der Waals surface area contributed by atoms with Gasteiger partial charge in [0.1, 0.15) is 12.1 Å². The van der Waals surface area contributed by atoms with Crippen LogP contribution in [0.4, 0.5) is 17.3 Å². The van der Waals surface area contributed by atoms with Gasteiger partial charge in [-0.05, 0) is 85.8 Å². The van der Waals surface area contributed by atoms with Gasteiger partial charge in [0, 0.05) is 77.4 Å². The zero-order valence-electron chi connectivity index (χ0n) is 33.2. The van der Waals surface area contributed by atoms with E-state index in [2.05, 4.69) is 68.8 Å². The van der Waals surface area contributed by atoms with Crippen LogP contribution in [-0.2, 0) is 28.1 Å². The molecular weight excluding hydrogens is 707 g/mol. The number of anilines is 3. The lowest BCUT2D eigenvalue weighted by Crippen LogP contribution is -2.63. The lowest BCUT2D eigenvalue weighted by atomic mass is 9.57. The van der Waals surface area contributed by atoms with Gasteiger partial charge in [-0.25, -0.2) is 4.52 Å². The molecule has 0 aromatic carbocycles. The van der Waals surface area contributed by atoms with Crippen molar-refractivity contribution in [1.82, 2.24) is 49.3 Å². The molecule has 4 fully saturated rings. The number of rotatable bonds is 14. The van der Waals surface area contributed by atoms with Gasteiger partial charge >= 0.3 is 0 Å². The summed E-state index contributed by atoms with van der Waals surface area (Å²) in [6.07, 6.45) is 18.8. The number of aryl methyl sites for hydroxylation is 1. The molecule has 0 radical (unpaired) electrons. The summed E-state index contributed by atoms with van der Waals surface area (Å²) in [4.78, 5) is 37.6. The van der Waals surface area contributed by atoms with Gasteiger partial charge in [0.05, 0.1) is 36.3 Å². The molecule has 4 aromatic heterocycles. The molecule has 4 aliphatic rings. The summed E-state index contributed by atoms with van der Waals surface area (Å²) in [5, 5.41) is 29.7. The minimum absolute atomic E-state index is 0.0302. The maximum atomic E-state index is 13.2. The number of hydrogen-bond acceptors (Lipinski definition) is 10. The van der Waals surface area contributed by atoms with Gasteiger partial charge in [0.2, 0.25) is 17.8 Å². The third-order valence-corrected chi connectivity index (χ3v) is 13.1. The fourth-order valence-electron chi connectivity index (χ4n) is 10.3. The molecule has 298 valence electrons. The summed E-state index contributed by atoms with van der Waals surface area (Å²) in [6.45, 7) is 12.6. The van der Waals surface area contributed by atoms with Crippen molar-refractivity contribution in [2.24, 2.45) is 23.2 Å². The number of carbonyl (C=O) groups excluding carboxylic acids is 2. The van der Waals surface area contributed by atoms with Crippen LogP contribution in [0.3, 0.4) is 0 Å². The highest BCUT2D eigenvalue weighted by Crippen LogP contribution is 2.53. The summed E-state index contributed by atoms with van der Waals surface area (Å²) in [7, 11) is 0. The molecule has 2 bridgehead atoms. The topological polar surface area (TPSA) is 158 Å². The standard InChI is InChI=1S/C41H57N13O2/c1-4-31-23-45-54(25-31)41(8-9-42)28-51(29-41)35-7-6-11-53-38(35)47-39(48-53)46-34-24-44-52(26-34)27-37(56)50-15-13-49(14-16-50)12-10-43-36(55)22-40(5-2)20-32-17-30(3)18-33(19-32)21-40/h6-7,11,23-26,30,32-33H,4-5,8,10,12-22,27-29H2,1-3H3,(H,43,55)(H,46,48). The van der Waals surface area contributed by atoms with Crippen molar-refractivity contribution < 1.29 is 9.59 Å². The Balaban J connectivity index is 0.783. The predicted octanol–water partition coefficient (Wildman–Crippen LogP) is 4.45. The number of hydrogen-bond donors (Lipinski definition) is 2. The first-order valence-corrected chi connectivity index (χ1v) is 20.7. The van der Waals surface area contributed by atoms with E-state index in [1.54, 1.807) is 21.6 Å². The molecule has 2 atom stereocenters. The highest BCUT2D eigenvalue weighted by Gasteiger charge is 2.46. The molecule has 2 unspecified atom stereocenters. The van der Waals surface area contributed by atoms with Crippen LogP contribution in [0.1, 0.15) is 77.7 Å². The Morgan fingerprint density at radius 2 is 1.80 bits per heavy atom. The fourth-order valence-corrected chi connectivity index (χ4v) is 10.3. The van der Waals surface area contributed by atoms with Crippen molar-refractivity contribution in [3.8, 4) is 6.07 Å². The van der Waals surface area contributed by atoms with Crippen LogP contribution >= 0.6 is 0 Å². The third kappa shape index (κ3) is 7.98. The monoisotopic (exact) mass is 763 g/mol. The highest BCUT2D eigenvalue weighted by atomic mass is 16.2. The minimum Gasteiger partial charge on any atom is -0.363 e. The number of fused-ring (bicyclic) bond motifs is 3. The van der Waals surface area contributed by atoms with Gasteiger partial charge in [0.25, 0.3) is 0 Å². The first-order valence-electron chi connectivity index (χ1n) is 20.7. The lowest BCUT2D eigenvalue weighted by Gasteiger charge is -2.50. The van der Waals surface area contributed by atoms with Crippen molar-refractivity contribution in [2.45, 2.75) is 90.6 Å². The minimum atomic E-state index is -0.375. The number of nitriles is 1. The lowest BCUT2D eigenvalue weighted by molar-refractivity contribution is -0.133. The molecule has 4 aromatic rings. The molecule has 2 saturated carbocycles. The molecule has 15 heteroatoms. The van der Waals surface area contributed by atoms with E-state index in [-0.39, 0.29) is 29.3 Å². The number of aromatic nitrogens is 7. The van der Waals surface area contributed by atoms with E-state index in [0.29, 0.717) is 62.8 Å². The normalized spacial score (nSPS) is 24.8. The third-order valence-electron chi connectivity index (χ3n) is 13.1. The van der Waals surface area contributed by atoms with Gasteiger partial charge in [0.15, 0.2) is 5.65 Å². The molecule has 15 nitrogen and oxygen atoms in total. The zero-order chi connectivity index (χ0) is 38.9. The van der Waals surface area contributed by atoms with E-state index < -0.39 is 0 Å². The zero-order valence-corrected chi connectivity index (χ0v) is 33.2. The van der Waals surface area contributed by atoms with Gasteiger partial charge < -0.3 is 20.4 Å². The second kappa shape index (κ2) is 15.9. The Kier molecular flexibility index (Phi) is 10.8. The van der Waals surface area contributed by atoms with Gasteiger partial charge in [-0.3, -0.25) is 23.9 Å². The van der Waals surface area contributed by atoms with Crippen molar-refractivity contribution in [2.75, 3.05) is 62.6 Å². The van der Waals surface area contributed by atoms with E-state index in [0.717, 1.165) is 61.5 Å². The van der Waals surface area contributed by atoms with E-state index in [1.165, 1.54) is 32.1 Å². The number of piperazine rings is 1. The van der Waals surface area contributed by atoms with Crippen LogP contribution in [-0.4, -0.2) is 108 Å². The first kappa shape index (κ1) is 37.9. The predicted molar refractivity (Wildman–Crippen MR) is 213 cm³/mol. The van der Waals surface area contributed by atoms with E-state index in [4.69, 9.17) is 4.98 Å². The Bertz CT molecular complexity index is 2030. The average molecular weight is 764 g/mol. The summed E-state index contributed by atoms with van der Waals surface area (Å²) in [5.74, 6) is 3.08. The Morgan fingerprint density at radius 1 is 1.02 bits per heavy atom. The fraction of sp³-hybridized carbons (Fsp3) is 0.634. The van der Waals surface area contributed by atoms with Gasteiger partial charge in [-0.15, -0.1) is 5.10 Å². The molecule has 2 N–H and O–H groups in total. The molecule has 2 amide bonds. The van der Waals surface area contributed by atoms with Crippen LogP contribution in [0.15, 0.2) is 43.1 Å². The average Bonchev–Trinajstić information content (AvgIpc) is 3.93. The maximum absolute atomic E-state index is 13.2. The molecule has 6 heterocycles. The van der Waals surface area contributed by atoms with Crippen molar-refractivity contribution in [3.63, 3.8) is 0 Å². The number of carbonyl (C=O) groups is 2. The second-order valence-electron chi connectivity index (χ2n) is 17.3. The van der Waals surface area contributed by atoms with Crippen LogP contribution in [0.5, 0.6) is 0 Å². The number of amides is 2. The van der Waals surface area contributed by atoms with Crippen LogP contribution < -0.4 is 15.5 Å². The molecule has 0 spiro atoms. The van der Waals surface area contributed by atoms with E-state index in [9.17, 15) is 14.9 Å². The summed E-state index contributed by atoms with van der Waals surface area (Å²) >= 11 is 0. The van der Waals surface area contributed by atoms with E-state index in [1.807, 2.05) is 34.1 Å². The molecule has 2 aliphatic heterocycles. The van der Waals surface area contributed by atoms with Crippen LogP contribution in [0.25, 0.3) is 5.65 Å². The van der Waals surface area contributed by atoms with Crippen molar-refractivity contribution in [1.29, 1.82) is 5.26 Å². The summed E-state index contributed by atoms with van der Waals surface area (Å²) in [5.41, 5.74) is 3.29. The smallest absolute Gasteiger partial charge is 0.247 e. The van der Waals surface area contributed by atoms with Crippen molar-refractivity contribution >= 4 is 34.8 Å². The molecule has 2 aliphatic carbocycles. The van der Waals surface area contributed by atoms with Gasteiger partial charge in [-0.1, -0.05) is 20.8 Å². The van der Waals surface area contributed by atoms with E-state index >= 15 is 0 Å². The molecule has 2 saturated heterocycles. The number of pyridine rings is 1. The molecular formula is C41H57N13O2. The van der Waals surface area contributed by atoms with Crippen molar-refractivity contribution in [3.05, 3.63) is 48.7 Å². The summed E-state index contributed by atoms with van der Waals surface area (Å²) in [6, 6.07) is 6.33. The Morgan fingerprint density at radius 3 is 2.52 bits per heavy atom. The first-order chi connectivity index (χ1) is 27.1. The number of nitrogens with zero attached hydrogens (tertiary/aromatic N) is 11. The maximum Gasteiger partial charge on any atom is 0.247 e. The van der Waals surface area contributed by atoms with Gasteiger partial charge in [-0.2, -0.15) is 20.4 Å². The van der Waals surface area contributed by atoms with Crippen LogP contribution in [0, 0.1) is 34.5 Å². The van der Waals surface area contributed by atoms with Crippen LogP contribution in [0.2, 0.25) is 0 Å². The molecule has 56 heavy (non-hydrogen) atoms. The molecule has 8 rings (SSSR count). The Labute approximate surface area is 329 Å². The quantitative estimate of drug-likeness (QED) is 0.188.